The molecule has 0 unspecified atom stereocenters. The van der Waals surface area contributed by atoms with Crippen molar-refractivity contribution in [2.45, 2.75) is 122 Å². The molecule has 0 aliphatic carbocycles. The molecular weight excluding hydrogens is 316 g/mol. The fraction of sp³-hybridized carbons (Fsp3) is 0.952. The SMILES string of the molecule is O=C(O)C[C@H](O)CCCCCCCCCCCCCCCCCCO. The summed E-state index contributed by atoms with van der Waals surface area (Å²) in [6, 6.07) is 0. The van der Waals surface area contributed by atoms with Gasteiger partial charge >= 0.3 is 5.97 Å². The van der Waals surface area contributed by atoms with Gasteiger partial charge in [-0.2, -0.15) is 0 Å². The number of rotatable bonds is 20. The lowest BCUT2D eigenvalue weighted by Gasteiger charge is -2.07. The van der Waals surface area contributed by atoms with Crippen LogP contribution in [0.5, 0.6) is 0 Å². The number of hydrogen-bond donors (Lipinski definition) is 3. The van der Waals surface area contributed by atoms with E-state index in [1.807, 2.05) is 0 Å². The van der Waals surface area contributed by atoms with Gasteiger partial charge in [-0.3, -0.25) is 4.79 Å². The Morgan fingerprint density at radius 3 is 1.24 bits per heavy atom. The van der Waals surface area contributed by atoms with Crippen LogP contribution in [0.25, 0.3) is 0 Å². The Hall–Kier alpha value is -0.610. The first-order valence-corrected chi connectivity index (χ1v) is 10.7. The quantitative estimate of drug-likeness (QED) is 0.253. The highest BCUT2D eigenvalue weighted by Crippen LogP contribution is 2.14. The molecule has 0 aliphatic rings. The molecule has 0 rings (SSSR count). The van der Waals surface area contributed by atoms with Crippen LogP contribution in [0.15, 0.2) is 0 Å². The minimum Gasteiger partial charge on any atom is -0.481 e. The molecule has 0 aromatic carbocycles. The van der Waals surface area contributed by atoms with Crippen LogP contribution < -0.4 is 0 Å². The molecule has 0 aliphatic heterocycles. The van der Waals surface area contributed by atoms with Crippen LogP contribution >= 0.6 is 0 Å². The molecule has 0 aromatic heterocycles. The van der Waals surface area contributed by atoms with E-state index >= 15 is 0 Å². The summed E-state index contributed by atoms with van der Waals surface area (Å²) >= 11 is 0. The third kappa shape index (κ3) is 21.3. The van der Waals surface area contributed by atoms with Crippen LogP contribution in [0.1, 0.15) is 116 Å². The molecule has 1 atom stereocenters. The molecule has 0 aromatic rings. The average molecular weight is 359 g/mol. The van der Waals surface area contributed by atoms with E-state index in [-0.39, 0.29) is 6.42 Å². The third-order valence-electron chi connectivity index (χ3n) is 4.86. The molecule has 4 heteroatoms. The van der Waals surface area contributed by atoms with E-state index in [0.717, 1.165) is 19.3 Å². The first-order valence-electron chi connectivity index (χ1n) is 10.7. The van der Waals surface area contributed by atoms with E-state index in [9.17, 15) is 9.90 Å². The van der Waals surface area contributed by atoms with E-state index in [4.69, 9.17) is 10.2 Å². The summed E-state index contributed by atoms with van der Waals surface area (Å²) in [4.78, 5) is 10.4. The van der Waals surface area contributed by atoms with Crippen LogP contribution in [0.4, 0.5) is 0 Å². The topological polar surface area (TPSA) is 77.8 Å². The van der Waals surface area contributed by atoms with Gasteiger partial charge in [0.05, 0.1) is 12.5 Å². The van der Waals surface area contributed by atoms with Crippen molar-refractivity contribution in [1.82, 2.24) is 0 Å². The number of carbonyl (C=O) groups is 1. The van der Waals surface area contributed by atoms with Crippen molar-refractivity contribution in [3.63, 3.8) is 0 Å². The number of aliphatic carboxylic acids is 1. The van der Waals surface area contributed by atoms with E-state index in [1.54, 1.807) is 0 Å². The van der Waals surface area contributed by atoms with Gasteiger partial charge in [-0.25, -0.2) is 0 Å². The average Bonchev–Trinajstić information content (AvgIpc) is 2.57. The Bertz CT molecular complexity index is 281. The second-order valence-electron chi connectivity index (χ2n) is 7.42. The van der Waals surface area contributed by atoms with Crippen LogP contribution in [0, 0.1) is 0 Å². The van der Waals surface area contributed by atoms with Gasteiger partial charge in [-0.05, 0) is 12.8 Å². The molecular formula is C21H42O4. The summed E-state index contributed by atoms with van der Waals surface area (Å²) in [5.74, 6) is -0.912. The fourth-order valence-corrected chi connectivity index (χ4v) is 3.27. The number of carboxylic acid groups (broad SMARTS) is 1. The second-order valence-corrected chi connectivity index (χ2v) is 7.42. The van der Waals surface area contributed by atoms with Gasteiger partial charge in [0, 0.05) is 6.61 Å². The number of aliphatic hydroxyl groups excluding tert-OH is 2. The highest BCUT2D eigenvalue weighted by Gasteiger charge is 2.08. The summed E-state index contributed by atoms with van der Waals surface area (Å²) < 4.78 is 0. The van der Waals surface area contributed by atoms with Crippen molar-refractivity contribution in [1.29, 1.82) is 0 Å². The highest BCUT2D eigenvalue weighted by atomic mass is 16.4. The van der Waals surface area contributed by atoms with Crippen LogP contribution in [-0.2, 0) is 4.79 Å². The van der Waals surface area contributed by atoms with Crippen molar-refractivity contribution in [3.05, 3.63) is 0 Å². The fourth-order valence-electron chi connectivity index (χ4n) is 3.27. The monoisotopic (exact) mass is 358 g/mol. The molecule has 150 valence electrons. The third-order valence-corrected chi connectivity index (χ3v) is 4.86. The van der Waals surface area contributed by atoms with Gasteiger partial charge < -0.3 is 15.3 Å². The molecule has 3 N–H and O–H groups in total. The smallest absolute Gasteiger partial charge is 0.305 e. The van der Waals surface area contributed by atoms with Crippen molar-refractivity contribution < 1.29 is 20.1 Å². The van der Waals surface area contributed by atoms with Crippen molar-refractivity contribution in [2.24, 2.45) is 0 Å². The summed E-state index contributed by atoms with van der Waals surface area (Å²) in [7, 11) is 0. The second kappa shape index (κ2) is 19.7. The first kappa shape index (κ1) is 24.4. The van der Waals surface area contributed by atoms with Crippen molar-refractivity contribution >= 4 is 5.97 Å². The van der Waals surface area contributed by atoms with Gasteiger partial charge in [-0.15, -0.1) is 0 Å². The lowest BCUT2D eigenvalue weighted by atomic mass is 10.0. The molecule has 0 saturated heterocycles. The van der Waals surface area contributed by atoms with Gasteiger partial charge in [0.2, 0.25) is 0 Å². The van der Waals surface area contributed by atoms with E-state index in [0.29, 0.717) is 13.0 Å². The van der Waals surface area contributed by atoms with Crippen molar-refractivity contribution in [3.8, 4) is 0 Å². The lowest BCUT2D eigenvalue weighted by Crippen LogP contribution is -2.12. The molecule has 4 nitrogen and oxygen atoms in total. The van der Waals surface area contributed by atoms with E-state index in [2.05, 4.69) is 0 Å². The van der Waals surface area contributed by atoms with Gasteiger partial charge in [0.25, 0.3) is 0 Å². The van der Waals surface area contributed by atoms with E-state index < -0.39 is 12.1 Å². The van der Waals surface area contributed by atoms with Gasteiger partial charge in [-0.1, -0.05) is 96.3 Å². The van der Waals surface area contributed by atoms with Crippen molar-refractivity contribution in [2.75, 3.05) is 6.61 Å². The van der Waals surface area contributed by atoms with Crippen LogP contribution in [0.2, 0.25) is 0 Å². The van der Waals surface area contributed by atoms with E-state index in [1.165, 1.54) is 83.5 Å². The minimum atomic E-state index is -0.912. The summed E-state index contributed by atoms with van der Waals surface area (Å²) in [5, 5.41) is 26.7. The summed E-state index contributed by atoms with van der Waals surface area (Å²) in [5.41, 5.74) is 0. The Balaban J connectivity index is 3.06. The first-order chi connectivity index (χ1) is 12.2. The summed E-state index contributed by atoms with van der Waals surface area (Å²) in [6.07, 6.45) is 19.9. The molecule has 25 heavy (non-hydrogen) atoms. The molecule has 0 spiro atoms. The molecule has 0 radical (unpaired) electrons. The molecule has 0 fully saturated rings. The molecule has 0 saturated carbocycles. The maximum atomic E-state index is 10.4. The largest absolute Gasteiger partial charge is 0.481 e. The predicted molar refractivity (Wildman–Crippen MR) is 104 cm³/mol. The molecule has 0 bridgehead atoms. The Kier molecular flexibility index (Phi) is 19.2. The van der Waals surface area contributed by atoms with Gasteiger partial charge in [0.1, 0.15) is 0 Å². The number of carboxylic acids is 1. The highest BCUT2D eigenvalue weighted by molar-refractivity contribution is 5.67. The summed E-state index contributed by atoms with van der Waals surface area (Å²) in [6.45, 7) is 0.343. The maximum Gasteiger partial charge on any atom is 0.305 e. The Labute approximate surface area is 155 Å². The number of aliphatic hydroxyl groups is 2. The lowest BCUT2D eigenvalue weighted by molar-refractivity contribution is -0.139. The zero-order chi connectivity index (χ0) is 18.6. The number of hydrogen-bond acceptors (Lipinski definition) is 3. The van der Waals surface area contributed by atoms with Crippen LogP contribution in [0.3, 0.4) is 0 Å². The Morgan fingerprint density at radius 1 is 0.600 bits per heavy atom. The predicted octanol–water partition coefficient (Wildman–Crippen LogP) is 5.45. The zero-order valence-electron chi connectivity index (χ0n) is 16.3. The van der Waals surface area contributed by atoms with Crippen LogP contribution in [-0.4, -0.2) is 34.0 Å². The molecule has 0 amide bonds. The minimum absolute atomic E-state index is 0.121. The maximum absolute atomic E-state index is 10.4. The molecule has 0 heterocycles. The normalized spacial score (nSPS) is 12.4. The number of unbranched alkanes of at least 4 members (excludes halogenated alkanes) is 15. The zero-order valence-corrected chi connectivity index (χ0v) is 16.3. The Morgan fingerprint density at radius 2 is 0.920 bits per heavy atom. The standard InChI is InChI=1S/C21H42O4/c22-18-16-14-12-10-8-6-4-2-1-3-5-7-9-11-13-15-17-20(23)19-21(24)25/h20,22-23H,1-19H2,(H,24,25)/t20-/m1/s1. The van der Waals surface area contributed by atoms with Gasteiger partial charge in [0.15, 0.2) is 0 Å².